The molecule has 0 radical (unpaired) electrons. The molecule has 148 valence electrons. The van der Waals surface area contributed by atoms with Gasteiger partial charge in [0, 0.05) is 13.1 Å². The van der Waals surface area contributed by atoms with Crippen LogP contribution < -0.4 is 10.6 Å². The van der Waals surface area contributed by atoms with Crippen molar-refractivity contribution in [2.45, 2.75) is 19.9 Å². The summed E-state index contributed by atoms with van der Waals surface area (Å²) in [5.41, 5.74) is 2.96. The van der Waals surface area contributed by atoms with E-state index in [1.807, 2.05) is 31.2 Å². The van der Waals surface area contributed by atoms with Gasteiger partial charge < -0.3 is 10.6 Å². The summed E-state index contributed by atoms with van der Waals surface area (Å²) in [4.78, 5) is 28.8. The summed E-state index contributed by atoms with van der Waals surface area (Å²) in [5, 5.41) is 5.50. The summed E-state index contributed by atoms with van der Waals surface area (Å²) in [6.45, 7) is 2.64. The van der Waals surface area contributed by atoms with Crippen molar-refractivity contribution in [2.24, 2.45) is 0 Å². The SMILES string of the molecule is Cc1ccc(CNC(=O)c2cccc(C(=O)NCCc3ccccc3F)n2)cc1. The van der Waals surface area contributed by atoms with Crippen LogP contribution in [-0.2, 0) is 13.0 Å². The Morgan fingerprint density at radius 2 is 1.52 bits per heavy atom. The highest BCUT2D eigenvalue weighted by molar-refractivity contribution is 5.96. The Hall–Kier alpha value is -3.54. The van der Waals surface area contributed by atoms with Gasteiger partial charge in [-0.1, -0.05) is 54.1 Å². The Morgan fingerprint density at radius 1 is 0.862 bits per heavy atom. The van der Waals surface area contributed by atoms with Gasteiger partial charge in [0.2, 0.25) is 0 Å². The number of halogens is 1. The summed E-state index contributed by atoms with van der Waals surface area (Å²) in [6, 6.07) is 19.0. The largest absolute Gasteiger partial charge is 0.350 e. The standard InChI is InChI=1S/C23H22FN3O2/c1-16-9-11-17(12-10-16)15-26-23(29)21-8-4-7-20(27-21)22(28)25-14-13-18-5-2-3-6-19(18)24/h2-12H,13-15H2,1H3,(H,25,28)(H,26,29). The van der Waals surface area contributed by atoms with Crippen LogP contribution in [0, 0.1) is 12.7 Å². The minimum absolute atomic E-state index is 0.140. The predicted octanol–water partition coefficient (Wildman–Crippen LogP) is 3.43. The fourth-order valence-electron chi connectivity index (χ4n) is 2.77. The normalized spacial score (nSPS) is 10.4. The van der Waals surface area contributed by atoms with Gasteiger partial charge in [0.05, 0.1) is 0 Å². The average Bonchev–Trinajstić information content (AvgIpc) is 2.74. The van der Waals surface area contributed by atoms with Crippen LogP contribution in [0.25, 0.3) is 0 Å². The second-order valence-electron chi connectivity index (χ2n) is 6.67. The minimum atomic E-state index is -0.408. The van der Waals surface area contributed by atoms with E-state index in [1.165, 1.54) is 12.1 Å². The molecule has 0 aliphatic carbocycles. The molecular weight excluding hydrogens is 369 g/mol. The molecule has 0 spiro atoms. The van der Waals surface area contributed by atoms with Gasteiger partial charge in [-0.05, 0) is 42.7 Å². The number of nitrogens with zero attached hydrogens (tertiary/aromatic N) is 1. The number of pyridine rings is 1. The fourth-order valence-corrected chi connectivity index (χ4v) is 2.77. The zero-order valence-electron chi connectivity index (χ0n) is 16.1. The van der Waals surface area contributed by atoms with Crippen molar-refractivity contribution in [1.82, 2.24) is 15.6 Å². The Bertz CT molecular complexity index is 1000. The monoisotopic (exact) mass is 391 g/mol. The van der Waals surface area contributed by atoms with E-state index in [-0.39, 0.29) is 29.7 Å². The first-order valence-corrected chi connectivity index (χ1v) is 9.35. The molecule has 6 heteroatoms. The van der Waals surface area contributed by atoms with E-state index in [4.69, 9.17) is 0 Å². The number of hydrogen-bond acceptors (Lipinski definition) is 3. The molecule has 1 aromatic heterocycles. The number of amides is 2. The van der Waals surface area contributed by atoms with Crippen LogP contribution in [0.4, 0.5) is 4.39 Å². The second-order valence-corrected chi connectivity index (χ2v) is 6.67. The van der Waals surface area contributed by atoms with Gasteiger partial charge in [0.15, 0.2) is 0 Å². The maximum Gasteiger partial charge on any atom is 0.270 e. The number of aromatic nitrogens is 1. The molecule has 2 N–H and O–H groups in total. The van der Waals surface area contributed by atoms with Crippen molar-refractivity contribution in [3.05, 3.63) is 101 Å². The maximum atomic E-state index is 13.6. The molecule has 2 aromatic carbocycles. The first kappa shape index (κ1) is 20.2. The van der Waals surface area contributed by atoms with Crippen molar-refractivity contribution in [2.75, 3.05) is 6.54 Å². The molecule has 0 aliphatic rings. The van der Waals surface area contributed by atoms with E-state index in [0.717, 1.165) is 11.1 Å². The predicted molar refractivity (Wildman–Crippen MR) is 109 cm³/mol. The molecule has 0 atom stereocenters. The lowest BCUT2D eigenvalue weighted by atomic mass is 10.1. The van der Waals surface area contributed by atoms with E-state index in [2.05, 4.69) is 15.6 Å². The second kappa shape index (κ2) is 9.59. The van der Waals surface area contributed by atoms with Gasteiger partial charge >= 0.3 is 0 Å². The van der Waals surface area contributed by atoms with Crippen molar-refractivity contribution in [1.29, 1.82) is 0 Å². The van der Waals surface area contributed by atoms with Crippen LogP contribution in [0.5, 0.6) is 0 Å². The fraction of sp³-hybridized carbons (Fsp3) is 0.174. The van der Waals surface area contributed by atoms with Gasteiger partial charge in [0.25, 0.3) is 11.8 Å². The van der Waals surface area contributed by atoms with Crippen LogP contribution >= 0.6 is 0 Å². The highest BCUT2D eigenvalue weighted by Gasteiger charge is 2.12. The van der Waals surface area contributed by atoms with Crippen LogP contribution in [0.1, 0.15) is 37.7 Å². The molecule has 0 fully saturated rings. The molecule has 0 unspecified atom stereocenters. The molecule has 3 rings (SSSR count). The molecule has 0 saturated heterocycles. The van der Waals surface area contributed by atoms with Crippen LogP contribution in [0.3, 0.4) is 0 Å². The van der Waals surface area contributed by atoms with Gasteiger partial charge in [-0.3, -0.25) is 9.59 Å². The number of benzene rings is 2. The van der Waals surface area contributed by atoms with E-state index < -0.39 is 5.91 Å². The lowest BCUT2D eigenvalue weighted by Crippen LogP contribution is -2.28. The molecule has 0 bridgehead atoms. The minimum Gasteiger partial charge on any atom is -0.350 e. The number of aryl methyl sites for hydroxylation is 1. The Morgan fingerprint density at radius 3 is 2.21 bits per heavy atom. The zero-order chi connectivity index (χ0) is 20.6. The van der Waals surface area contributed by atoms with Crippen molar-refractivity contribution in [3.63, 3.8) is 0 Å². The summed E-state index contributed by atoms with van der Waals surface area (Å²) < 4.78 is 13.6. The molecule has 29 heavy (non-hydrogen) atoms. The quantitative estimate of drug-likeness (QED) is 0.648. The van der Waals surface area contributed by atoms with Crippen molar-refractivity contribution < 1.29 is 14.0 Å². The third kappa shape index (κ3) is 5.72. The Kier molecular flexibility index (Phi) is 6.68. The molecule has 2 amide bonds. The van der Waals surface area contributed by atoms with E-state index in [9.17, 15) is 14.0 Å². The number of nitrogens with one attached hydrogen (secondary N) is 2. The molecule has 0 aliphatic heterocycles. The first-order valence-electron chi connectivity index (χ1n) is 9.35. The molecule has 1 heterocycles. The lowest BCUT2D eigenvalue weighted by Gasteiger charge is -2.08. The Balaban J connectivity index is 1.55. The number of rotatable bonds is 7. The van der Waals surface area contributed by atoms with Gasteiger partial charge in [-0.25, -0.2) is 9.37 Å². The van der Waals surface area contributed by atoms with E-state index in [1.54, 1.807) is 30.3 Å². The lowest BCUT2D eigenvalue weighted by molar-refractivity contribution is 0.0943. The summed E-state index contributed by atoms with van der Waals surface area (Å²) in [5.74, 6) is -1.06. The molecule has 0 saturated carbocycles. The van der Waals surface area contributed by atoms with Gasteiger partial charge in [-0.2, -0.15) is 0 Å². The number of carbonyl (C=O) groups excluding carboxylic acids is 2. The van der Waals surface area contributed by atoms with Gasteiger partial charge in [0.1, 0.15) is 17.2 Å². The van der Waals surface area contributed by atoms with Crippen molar-refractivity contribution in [3.8, 4) is 0 Å². The smallest absolute Gasteiger partial charge is 0.270 e. The average molecular weight is 391 g/mol. The zero-order valence-corrected chi connectivity index (χ0v) is 16.1. The van der Waals surface area contributed by atoms with Crippen molar-refractivity contribution >= 4 is 11.8 Å². The first-order chi connectivity index (χ1) is 14.0. The highest BCUT2D eigenvalue weighted by atomic mass is 19.1. The summed E-state index contributed by atoms with van der Waals surface area (Å²) >= 11 is 0. The molecular formula is C23H22FN3O2. The summed E-state index contributed by atoms with van der Waals surface area (Å²) in [6.07, 6.45) is 0.370. The summed E-state index contributed by atoms with van der Waals surface area (Å²) in [7, 11) is 0. The van der Waals surface area contributed by atoms with Crippen LogP contribution in [0.15, 0.2) is 66.7 Å². The van der Waals surface area contributed by atoms with Gasteiger partial charge in [-0.15, -0.1) is 0 Å². The molecule has 5 nitrogen and oxygen atoms in total. The van der Waals surface area contributed by atoms with Crippen LogP contribution in [-0.4, -0.2) is 23.3 Å². The molecule has 3 aromatic rings. The van der Waals surface area contributed by atoms with Crippen LogP contribution in [0.2, 0.25) is 0 Å². The number of carbonyl (C=O) groups is 2. The third-order valence-corrected chi connectivity index (χ3v) is 4.43. The van der Waals surface area contributed by atoms with E-state index in [0.29, 0.717) is 18.5 Å². The van der Waals surface area contributed by atoms with E-state index >= 15 is 0 Å². The number of hydrogen-bond donors (Lipinski definition) is 2. The highest BCUT2D eigenvalue weighted by Crippen LogP contribution is 2.07. The topological polar surface area (TPSA) is 71.1 Å². The third-order valence-electron chi connectivity index (χ3n) is 4.43. The maximum absolute atomic E-state index is 13.6. The Labute approximate surface area is 169 Å².